The summed E-state index contributed by atoms with van der Waals surface area (Å²) >= 11 is 0. The number of aliphatic hydroxyl groups excluding tert-OH is 1. The fourth-order valence-electron chi connectivity index (χ4n) is 5.87. The Kier molecular flexibility index (Phi) is 6.41. The van der Waals surface area contributed by atoms with Crippen molar-refractivity contribution in [3.63, 3.8) is 0 Å². The number of hydrogen-bond acceptors (Lipinski definition) is 9. The molecule has 1 aromatic carbocycles. The van der Waals surface area contributed by atoms with Gasteiger partial charge in [-0.25, -0.2) is 9.59 Å². The Bertz CT molecular complexity index is 1180. The number of piperidine rings is 1. The van der Waals surface area contributed by atoms with E-state index < -0.39 is 53.7 Å². The predicted molar refractivity (Wildman–Crippen MR) is 115 cm³/mol. The molecular formula is C23H24F3NO10. The molecule has 1 fully saturated rings. The van der Waals surface area contributed by atoms with Crippen LogP contribution in [0.3, 0.4) is 0 Å². The number of halogens is 3. The fraction of sp³-hybridized carbons (Fsp3) is 0.522. The Morgan fingerprint density at radius 3 is 2.51 bits per heavy atom. The lowest BCUT2D eigenvalue weighted by molar-refractivity contribution is -0.192. The number of carbonyl (C=O) groups excluding carboxylic acids is 1. The maximum Gasteiger partial charge on any atom is 0.490 e. The lowest BCUT2D eigenvalue weighted by atomic mass is 9.50. The molecule has 2 aliphatic carbocycles. The van der Waals surface area contributed by atoms with E-state index in [1.807, 2.05) is 13.1 Å². The lowest BCUT2D eigenvalue weighted by Gasteiger charge is -2.61. The van der Waals surface area contributed by atoms with Crippen LogP contribution in [-0.4, -0.2) is 92.0 Å². The number of nitrogens with zero attached hydrogens (tertiary/aromatic N) is 1. The standard InChI is InChI=1S/C21H23NO8.C2HF3O2/c1-22-7-6-20-16-10-2-3-11(23)17(16)30-18(20)13(4-5-21(20,28)14(22)8-10)29-19(27)12(24)9-15(25)26;3-2(4,5)1(6)7/h2-4,12,14,18,23-24,28H,5-9H2,1H3,(H,25,26);(H,6,7)/t12?,14-,18+,20+,21-;/m1./s1. The Balaban J connectivity index is 0.000000405. The third kappa shape index (κ3) is 4.08. The molecule has 2 heterocycles. The van der Waals surface area contributed by atoms with Crippen LogP contribution in [0, 0.1) is 0 Å². The second-order valence-electron chi connectivity index (χ2n) is 9.44. The number of aliphatic hydroxyl groups is 2. The highest BCUT2D eigenvalue weighted by Gasteiger charge is 2.72. The Morgan fingerprint density at radius 1 is 1.27 bits per heavy atom. The molecular weight excluding hydrogens is 507 g/mol. The monoisotopic (exact) mass is 531 g/mol. The smallest absolute Gasteiger partial charge is 0.490 e. The maximum absolute atomic E-state index is 12.3. The van der Waals surface area contributed by atoms with Gasteiger partial charge in [0.2, 0.25) is 0 Å². The van der Waals surface area contributed by atoms with Crippen LogP contribution in [0.2, 0.25) is 0 Å². The fourth-order valence-corrected chi connectivity index (χ4v) is 5.87. The summed E-state index contributed by atoms with van der Waals surface area (Å²) in [5.74, 6) is -4.81. The number of carbonyl (C=O) groups is 3. The van der Waals surface area contributed by atoms with Gasteiger partial charge in [0, 0.05) is 18.0 Å². The van der Waals surface area contributed by atoms with Crippen molar-refractivity contribution in [1.29, 1.82) is 0 Å². The SMILES string of the molecule is CN1CC[C@]23c4c5ccc(O)c4O[C@H]2C(OC(=O)C(O)CC(=O)O)=CC[C@@]3(O)[C@H]1C5.O=C(O)C(F)(F)F. The number of carboxylic acid groups (broad SMARTS) is 2. The van der Waals surface area contributed by atoms with E-state index in [9.17, 15) is 38.1 Å². The van der Waals surface area contributed by atoms with Gasteiger partial charge in [-0.3, -0.25) is 4.79 Å². The number of benzene rings is 1. The van der Waals surface area contributed by atoms with Gasteiger partial charge in [0.05, 0.1) is 17.4 Å². The summed E-state index contributed by atoms with van der Waals surface area (Å²) in [6.07, 6.45) is -5.63. The highest BCUT2D eigenvalue weighted by Crippen LogP contribution is 2.65. The summed E-state index contributed by atoms with van der Waals surface area (Å²) in [7, 11) is 1.97. The molecule has 2 aliphatic heterocycles. The van der Waals surface area contributed by atoms with E-state index in [4.69, 9.17) is 24.5 Å². The topological polar surface area (TPSA) is 174 Å². The first-order valence-corrected chi connectivity index (χ1v) is 11.2. The van der Waals surface area contributed by atoms with Crippen LogP contribution in [0.5, 0.6) is 11.5 Å². The number of likely N-dealkylation sites (N-methyl/N-ethyl adjacent to an activating group) is 1. The summed E-state index contributed by atoms with van der Waals surface area (Å²) in [5.41, 5.74) is -0.364. The molecule has 0 aromatic heterocycles. The number of rotatable bonds is 4. The van der Waals surface area contributed by atoms with Crippen LogP contribution >= 0.6 is 0 Å². The first-order chi connectivity index (χ1) is 17.1. The molecule has 37 heavy (non-hydrogen) atoms. The Morgan fingerprint density at radius 2 is 1.92 bits per heavy atom. The zero-order valence-electron chi connectivity index (χ0n) is 19.4. The van der Waals surface area contributed by atoms with Crippen LogP contribution in [0.4, 0.5) is 13.2 Å². The van der Waals surface area contributed by atoms with E-state index in [1.54, 1.807) is 12.1 Å². The number of phenols is 1. The van der Waals surface area contributed by atoms with Crippen LogP contribution in [0.25, 0.3) is 0 Å². The number of alkyl halides is 3. The summed E-state index contributed by atoms with van der Waals surface area (Å²) in [6.45, 7) is 0.685. The second-order valence-corrected chi connectivity index (χ2v) is 9.44. The molecule has 11 nitrogen and oxygen atoms in total. The molecule has 1 aromatic rings. The van der Waals surface area contributed by atoms with Crippen molar-refractivity contribution in [2.75, 3.05) is 13.6 Å². The molecule has 2 bridgehead atoms. The Labute approximate surface area is 207 Å². The first-order valence-electron chi connectivity index (χ1n) is 11.2. The van der Waals surface area contributed by atoms with Gasteiger partial charge >= 0.3 is 24.1 Å². The number of aromatic hydroxyl groups is 1. The molecule has 5 rings (SSSR count). The van der Waals surface area contributed by atoms with Gasteiger partial charge in [-0.1, -0.05) is 6.07 Å². The molecule has 202 valence electrons. The highest BCUT2D eigenvalue weighted by molar-refractivity contribution is 5.81. The van der Waals surface area contributed by atoms with Gasteiger partial charge in [0.1, 0.15) is 5.76 Å². The molecule has 0 radical (unpaired) electrons. The number of esters is 1. The zero-order chi connectivity index (χ0) is 27.5. The van der Waals surface area contributed by atoms with Gasteiger partial charge in [0.15, 0.2) is 23.7 Å². The minimum absolute atomic E-state index is 0.0474. The normalized spacial score (nSPS) is 30.1. The van der Waals surface area contributed by atoms with E-state index in [0.29, 0.717) is 19.4 Å². The minimum atomic E-state index is -5.08. The van der Waals surface area contributed by atoms with Crippen molar-refractivity contribution in [3.05, 3.63) is 35.1 Å². The number of likely N-dealkylation sites (tertiary alicyclic amines) is 1. The third-order valence-corrected chi connectivity index (χ3v) is 7.45. The van der Waals surface area contributed by atoms with Crippen molar-refractivity contribution in [2.45, 2.75) is 61.1 Å². The summed E-state index contributed by atoms with van der Waals surface area (Å²) < 4.78 is 43.2. The predicted octanol–water partition coefficient (Wildman–Crippen LogP) is 0.682. The molecule has 5 atom stereocenters. The minimum Gasteiger partial charge on any atom is -0.504 e. The quantitative estimate of drug-likeness (QED) is 0.346. The lowest BCUT2D eigenvalue weighted by Crippen LogP contribution is -2.74. The molecule has 1 unspecified atom stereocenters. The van der Waals surface area contributed by atoms with Crippen molar-refractivity contribution < 1.29 is 62.6 Å². The van der Waals surface area contributed by atoms with Gasteiger partial charge in [-0.15, -0.1) is 0 Å². The summed E-state index contributed by atoms with van der Waals surface area (Å²) in [5, 5.41) is 48.1. The van der Waals surface area contributed by atoms with Crippen molar-refractivity contribution in [2.24, 2.45) is 0 Å². The van der Waals surface area contributed by atoms with Crippen molar-refractivity contribution >= 4 is 17.9 Å². The molecule has 5 N–H and O–H groups in total. The molecule has 0 amide bonds. The number of aliphatic carboxylic acids is 2. The van der Waals surface area contributed by atoms with Crippen LogP contribution in [-0.2, 0) is 31.0 Å². The first kappa shape index (κ1) is 26.7. The van der Waals surface area contributed by atoms with Gasteiger partial charge in [-0.2, -0.15) is 13.2 Å². The third-order valence-electron chi connectivity index (χ3n) is 7.45. The molecule has 0 saturated carbocycles. The number of carboxylic acids is 2. The van der Waals surface area contributed by atoms with E-state index >= 15 is 0 Å². The zero-order valence-corrected chi connectivity index (χ0v) is 19.4. The highest BCUT2D eigenvalue weighted by atomic mass is 19.4. The van der Waals surface area contributed by atoms with E-state index in [1.165, 1.54) is 0 Å². The summed E-state index contributed by atoms with van der Waals surface area (Å²) in [4.78, 5) is 34.1. The molecule has 1 spiro atoms. The largest absolute Gasteiger partial charge is 0.504 e. The van der Waals surface area contributed by atoms with Crippen molar-refractivity contribution in [3.8, 4) is 11.5 Å². The van der Waals surface area contributed by atoms with Crippen LogP contribution in [0.1, 0.15) is 30.4 Å². The van der Waals surface area contributed by atoms with E-state index in [0.717, 1.165) is 11.1 Å². The Hall–Kier alpha value is -3.36. The van der Waals surface area contributed by atoms with Crippen molar-refractivity contribution in [1.82, 2.24) is 4.90 Å². The maximum atomic E-state index is 12.3. The van der Waals surface area contributed by atoms with E-state index in [2.05, 4.69) is 4.90 Å². The number of phenolic OH excluding ortho intramolecular Hbond substituents is 1. The van der Waals surface area contributed by atoms with Gasteiger partial charge in [0.25, 0.3) is 0 Å². The van der Waals surface area contributed by atoms with Crippen LogP contribution in [0.15, 0.2) is 24.0 Å². The van der Waals surface area contributed by atoms with E-state index in [-0.39, 0.29) is 29.7 Å². The molecule has 1 saturated heterocycles. The average Bonchev–Trinajstić information content (AvgIpc) is 3.15. The molecule has 4 aliphatic rings. The average molecular weight is 531 g/mol. The second kappa shape index (κ2) is 8.89. The molecule has 14 heteroatoms. The summed E-state index contributed by atoms with van der Waals surface area (Å²) in [6, 6.07) is 3.23. The van der Waals surface area contributed by atoms with Crippen LogP contribution < -0.4 is 4.74 Å². The van der Waals surface area contributed by atoms with Gasteiger partial charge < -0.3 is 39.9 Å². The van der Waals surface area contributed by atoms with Gasteiger partial charge in [-0.05, 0) is 44.1 Å². The number of hydrogen-bond donors (Lipinski definition) is 5. The number of ether oxygens (including phenoxy) is 2.